The van der Waals surface area contributed by atoms with Crippen molar-refractivity contribution in [2.24, 2.45) is 23.7 Å². The number of hydrogen-bond acceptors (Lipinski definition) is 3. The first-order chi connectivity index (χ1) is 11.3. The Bertz CT molecular complexity index is 716. The van der Waals surface area contributed by atoms with Crippen LogP contribution >= 0.6 is 0 Å². The van der Waals surface area contributed by atoms with Gasteiger partial charge in [0, 0.05) is 23.0 Å². The predicted octanol–water partition coefficient (Wildman–Crippen LogP) is 3.01. The molecule has 0 radical (unpaired) electrons. The van der Waals surface area contributed by atoms with E-state index in [1.54, 1.807) is 0 Å². The Morgan fingerprint density at radius 2 is 1.04 bits per heavy atom. The molecule has 0 spiro atoms. The van der Waals surface area contributed by atoms with Gasteiger partial charge in [0.1, 0.15) is 0 Å². The Kier molecular flexibility index (Phi) is 2.65. The van der Waals surface area contributed by atoms with E-state index >= 15 is 0 Å². The highest BCUT2D eigenvalue weighted by Gasteiger charge is 2.78. The van der Waals surface area contributed by atoms with Crippen molar-refractivity contribution in [3.8, 4) is 0 Å². The number of carbonyl (C=O) groups is 2. The Morgan fingerprint density at radius 3 is 1.43 bits per heavy atom. The SMILES string of the molecule is O=C(c1ccccc1)[C@H]1[C@@H]2O[C@H]3[C@H](C(=O)c4ccccc4)[C@H]3[C@@H]21. The summed E-state index contributed by atoms with van der Waals surface area (Å²) in [7, 11) is 0. The summed E-state index contributed by atoms with van der Waals surface area (Å²) in [5, 5.41) is 0. The van der Waals surface area contributed by atoms with E-state index in [0.29, 0.717) is 0 Å². The van der Waals surface area contributed by atoms with Crippen molar-refractivity contribution in [3.63, 3.8) is 0 Å². The Labute approximate surface area is 134 Å². The molecule has 2 aromatic carbocycles. The molecule has 3 nitrogen and oxygen atoms in total. The van der Waals surface area contributed by atoms with Crippen LogP contribution in [-0.2, 0) is 4.74 Å². The fraction of sp³-hybridized carbons (Fsp3) is 0.300. The Hall–Kier alpha value is -2.26. The van der Waals surface area contributed by atoms with Crippen LogP contribution in [0.2, 0.25) is 0 Å². The van der Waals surface area contributed by atoms with E-state index in [1.165, 1.54) is 0 Å². The molecule has 23 heavy (non-hydrogen) atoms. The maximum absolute atomic E-state index is 12.6. The monoisotopic (exact) mass is 304 g/mol. The summed E-state index contributed by atoms with van der Waals surface area (Å²) in [4.78, 5) is 25.1. The van der Waals surface area contributed by atoms with E-state index in [1.807, 2.05) is 60.7 Å². The van der Waals surface area contributed by atoms with Gasteiger partial charge in [-0.05, 0) is 0 Å². The van der Waals surface area contributed by atoms with Crippen LogP contribution in [0.25, 0.3) is 0 Å². The largest absolute Gasteiger partial charge is 0.373 e. The van der Waals surface area contributed by atoms with Gasteiger partial charge in [-0.25, -0.2) is 0 Å². The molecule has 2 saturated carbocycles. The average Bonchev–Trinajstić information content (AvgIpc) is 3.48. The van der Waals surface area contributed by atoms with Crippen LogP contribution in [0.1, 0.15) is 20.7 Å². The summed E-state index contributed by atoms with van der Waals surface area (Å²) in [6.07, 6.45) is 0.0788. The van der Waals surface area contributed by atoms with Gasteiger partial charge in [-0.2, -0.15) is 0 Å². The first kappa shape index (κ1) is 13.2. The number of Topliss-reactive ketones (excluding diaryl/α,β-unsaturated/α-hetero) is 2. The number of fused-ring (bicyclic) bond motifs is 3. The molecule has 1 aliphatic heterocycles. The van der Waals surface area contributed by atoms with Crippen molar-refractivity contribution >= 4 is 11.6 Å². The van der Waals surface area contributed by atoms with Crippen LogP contribution in [0.4, 0.5) is 0 Å². The van der Waals surface area contributed by atoms with Gasteiger partial charge in [0.05, 0.1) is 24.0 Å². The van der Waals surface area contributed by atoms with Crippen molar-refractivity contribution in [2.75, 3.05) is 0 Å². The van der Waals surface area contributed by atoms with Crippen molar-refractivity contribution in [1.82, 2.24) is 0 Å². The standard InChI is InChI=1S/C20H16O3/c21-17(11-7-3-1-4-8-11)15-13-14-16(20(14)23-19(13)15)18(22)12-9-5-2-6-10-12/h1-10,13-16,19-20H/t13-,14-,15+,16+,19-,20-/m1/s1. The van der Waals surface area contributed by atoms with Crippen LogP contribution < -0.4 is 0 Å². The Morgan fingerprint density at radius 1 is 0.652 bits per heavy atom. The lowest BCUT2D eigenvalue weighted by molar-refractivity contribution is 0.0732. The average molecular weight is 304 g/mol. The van der Waals surface area contributed by atoms with Crippen molar-refractivity contribution in [2.45, 2.75) is 12.2 Å². The molecule has 1 saturated heterocycles. The van der Waals surface area contributed by atoms with Crippen LogP contribution in [0.15, 0.2) is 60.7 Å². The summed E-state index contributed by atoms with van der Waals surface area (Å²) in [6, 6.07) is 18.8. The minimum Gasteiger partial charge on any atom is -0.373 e. The summed E-state index contributed by atoms with van der Waals surface area (Å²) in [6.45, 7) is 0. The minimum absolute atomic E-state index is 0.0394. The maximum Gasteiger partial charge on any atom is 0.168 e. The van der Waals surface area contributed by atoms with Crippen LogP contribution in [0.5, 0.6) is 0 Å². The highest BCUT2D eigenvalue weighted by Crippen LogP contribution is 2.68. The molecule has 114 valence electrons. The molecule has 0 unspecified atom stereocenters. The zero-order valence-corrected chi connectivity index (χ0v) is 12.5. The summed E-state index contributed by atoms with van der Waals surface area (Å²) in [5.74, 6) is 0.712. The normalized spacial score (nSPS) is 36.0. The van der Waals surface area contributed by atoms with E-state index in [9.17, 15) is 9.59 Å². The molecule has 0 N–H and O–H groups in total. The Balaban J connectivity index is 1.32. The van der Waals surface area contributed by atoms with E-state index in [-0.39, 0.29) is 47.4 Å². The first-order valence-electron chi connectivity index (χ1n) is 8.11. The molecular weight excluding hydrogens is 288 g/mol. The number of benzene rings is 2. The molecule has 1 heterocycles. The second-order valence-electron chi connectivity index (χ2n) is 6.73. The fourth-order valence-electron chi connectivity index (χ4n) is 4.30. The number of rotatable bonds is 4. The second-order valence-corrected chi connectivity index (χ2v) is 6.73. The van der Waals surface area contributed by atoms with E-state index < -0.39 is 0 Å². The third kappa shape index (κ3) is 1.86. The molecule has 2 aromatic rings. The van der Waals surface area contributed by atoms with Crippen molar-refractivity contribution < 1.29 is 14.3 Å². The smallest absolute Gasteiger partial charge is 0.168 e. The maximum atomic E-state index is 12.6. The molecule has 0 aromatic heterocycles. The van der Waals surface area contributed by atoms with Gasteiger partial charge in [0.15, 0.2) is 11.6 Å². The summed E-state index contributed by atoms with van der Waals surface area (Å²) in [5.41, 5.74) is 1.50. The first-order valence-corrected chi connectivity index (χ1v) is 8.11. The number of carbonyl (C=O) groups excluding carboxylic acids is 2. The molecule has 6 atom stereocenters. The lowest BCUT2D eigenvalue weighted by Crippen LogP contribution is -2.11. The van der Waals surface area contributed by atoms with E-state index in [4.69, 9.17) is 4.74 Å². The number of ether oxygens (including phenoxy) is 1. The molecule has 5 rings (SSSR count). The van der Waals surface area contributed by atoms with Gasteiger partial charge >= 0.3 is 0 Å². The zero-order chi connectivity index (χ0) is 15.6. The minimum atomic E-state index is -0.0489. The number of ketones is 2. The van der Waals surface area contributed by atoms with Crippen molar-refractivity contribution in [3.05, 3.63) is 71.8 Å². The van der Waals surface area contributed by atoms with Gasteiger partial charge in [0.2, 0.25) is 0 Å². The number of hydrogen-bond donors (Lipinski definition) is 0. The van der Waals surface area contributed by atoms with E-state index in [0.717, 1.165) is 11.1 Å². The van der Waals surface area contributed by atoms with Crippen LogP contribution in [0, 0.1) is 23.7 Å². The molecule has 2 aliphatic carbocycles. The molecule has 3 fully saturated rings. The topological polar surface area (TPSA) is 43.4 Å². The molecule has 3 aliphatic rings. The highest BCUT2D eigenvalue weighted by atomic mass is 16.5. The lowest BCUT2D eigenvalue weighted by atomic mass is 10.0. The molecule has 0 bridgehead atoms. The van der Waals surface area contributed by atoms with Crippen LogP contribution in [-0.4, -0.2) is 23.8 Å². The van der Waals surface area contributed by atoms with Gasteiger partial charge in [-0.3, -0.25) is 9.59 Å². The summed E-state index contributed by atoms with van der Waals surface area (Å²) >= 11 is 0. The molecule has 3 heteroatoms. The van der Waals surface area contributed by atoms with E-state index in [2.05, 4.69) is 0 Å². The summed E-state index contributed by atoms with van der Waals surface area (Å²) < 4.78 is 5.98. The highest BCUT2D eigenvalue weighted by molar-refractivity contribution is 6.03. The zero-order valence-electron chi connectivity index (χ0n) is 12.5. The molecule has 0 amide bonds. The quantitative estimate of drug-likeness (QED) is 0.816. The lowest BCUT2D eigenvalue weighted by Gasteiger charge is -2.03. The predicted molar refractivity (Wildman–Crippen MR) is 84.2 cm³/mol. The molecular formula is C20H16O3. The third-order valence-corrected chi connectivity index (χ3v) is 5.50. The second kappa shape index (κ2) is 4.62. The fourth-order valence-corrected chi connectivity index (χ4v) is 4.30. The van der Waals surface area contributed by atoms with Gasteiger partial charge in [-0.15, -0.1) is 0 Å². The van der Waals surface area contributed by atoms with Crippen molar-refractivity contribution in [1.29, 1.82) is 0 Å². The van der Waals surface area contributed by atoms with Gasteiger partial charge in [-0.1, -0.05) is 60.7 Å². The van der Waals surface area contributed by atoms with Gasteiger partial charge in [0.25, 0.3) is 0 Å². The van der Waals surface area contributed by atoms with Gasteiger partial charge < -0.3 is 4.74 Å². The third-order valence-electron chi connectivity index (χ3n) is 5.50. The van der Waals surface area contributed by atoms with Crippen LogP contribution in [0.3, 0.4) is 0 Å².